The first-order valence-electron chi connectivity index (χ1n) is 10.9. The van der Waals surface area contributed by atoms with Gasteiger partial charge in [0.1, 0.15) is 11.6 Å². The minimum Gasteiger partial charge on any atom is -0.350 e. The van der Waals surface area contributed by atoms with Gasteiger partial charge in [0.2, 0.25) is 0 Å². The van der Waals surface area contributed by atoms with Crippen LogP contribution >= 0.6 is 0 Å². The van der Waals surface area contributed by atoms with Gasteiger partial charge in [-0.1, -0.05) is 36.4 Å². The van der Waals surface area contributed by atoms with E-state index >= 15 is 0 Å². The lowest BCUT2D eigenvalue weighted by atomic mass is 10.1. The summed E-state index contributed by atoms with van der Waals surface area (Å²) in [6, 6.07) is 25.3. The first-order valence-corrected chi connectivity index (χ1v) is 10.9. The number of halogens is 1. The lowest BCUT2D eigenvalue weighted by molar-refractivity contribution is 0.0938. The summed E-state index contributed by atoms with van der Waals surface area (Å²) < 4.78 is 13.2. The molecule has 6 heteroatoms. The fraction of sp³-hybridized carbons (Fsp3) is 0.148. The Morgan fingerprint density at radius 2 is 1.76 bits per heavy atom. The second-order valence-electron chi connectivity index (χ2n) is 7.88. The predicted octanol–water partition coefficient (Wildman–Crippen LogP) is 5.78. The van der Waals surface area contributed by atoms with Crippen molar-refractivity contribution in [1.29, 1.82) is 0 Å². The molecule has 4 rings (SSSR count). The molecule has 5 nitrogen and oxygen atoms in total. The summed E-state index contributed by atoms with van der Waals surface area (Å²) in [4.78, 5) is 21.5. The van der Waals surface area contributed by atoms with E-state index in [-0.39, 0.29) is 17.8 Å². The molecule has 33 heavy (non-hydrogen) atoms. The Morgan fingerprint density at radius 1 is 0.970 bits per heavy atom. The molecule has 166 valence electrons. The number of aryl methyl sites for hydroxylation is 1. The second-order valence-corrected chi connectivity index (χ2v) is 7.88. The van der Waals surface area contributed by atoms with Crippen LogP contribution in [-0.4, -0.2) is 21.9 Å². The topological polar surface area (TPSA) is 66.9 Å². The quantitative estimate of drug-likeness (QED) is 0.365. The van der Waals surface area contributed by atoms with Crippen LogP contribution in [0.2, 0.25) is 0 Å². The molecular weight excluding hydrogens is 415 g/mol. The number of amides is 1. The van der Waals surface area contributed by atoms with Gasteiger partial charge in [0, 0.05) is 29.1 Å². The molecule has 4 aromatic rings. The molecule has 0 spiro atoms. The minimum absolute atomic E-state index is 0.0504. The van der Waals surface area contributed by atoms with Crippen molar-refractivity contribution in [2.75, 3.05) is 5.32 Å². The maximum absolute atomic E-state index is 13.2. The molecule has 3 aromatic carbocycles. The molecule has 0 aliphatic rings. The third-order valence-electron chi connectivity index (χ3n) is 5.24. The van der Waals surface area contributed by atoms with Crippen LogP contribution in [0.4, 0.5) is 15.9 Å². The SMILES string of the molecule is CC(CCc1ccccc1)NC(=O)c1cccc(Nc2ccnc(-c3ccc(F)cc3)n2)c1. The molecule has 0 bridgehead atoms. The molecule has 1 amide bonds. The minimum atomic E-state index is -0.308. The van der Waals surface area contributed by atoms with Crippen molar-refractivity contribution < 1.29 is 9.18 Å². The van der Waals surface area contributed by atoms with Crippen molar-refractivity contribution in [3.63, 3.8) is 0 Å². The van der Waals surface area contributed by atoms with Crippen LogP contribution in [0.15, 0.2) is 91.1 Å². The lowest BCUT2D eigenvalue weighted by Crippen LogP contribution is -2.32. The number of nitrogens with zero attached hydrogens (tertiary/aromatic N) is 2. The van der Waals surface area contributed by atoms with Crippen LogP contribution in [0, 0.1) is 5.82 Å². The van der Waals surface area contributed by atoms with Crippen molar-refractivity contribution in [2.24, 2.45) is 0 Å². The Labute approximate surface area is 192 Å². The zero-order chi connectivity index (χ0) is 23.0. The maximum atomic E-state index is 13.2. The molecule has 0 saturated carbocycles. The zero-order valence-corrected chi connectivity index (χ0v) is 18.3. The van der Waals surface area contributed by atoms with E-state index < -0.39 is 0 Å². The Bertz CT molecular complexity index is 1210. The number of rotatable bonds is 8. The van der Waals surface area contributed by atoms with Crippen molar-refractivity contribution in [2.45, 2.75) is 25.8 Å². The van der Waals surface area contributed by atoms with E-state index in [1.165, 1.54) is 17.7 Å². The van der Waals surface area contributed by atoms with E-state index in [1.54, 1.807) is 36.5 Å². The van der Waals surface area contributed by atoms with E-state index in [0.717, 1.165) is 24.1 Å². The highest BCUT2D eigenvalue weighted by atomic mass is 19.1. The van der Waals surface area contributed by atoms with Gasteiger partial charge in [-0.2, -0.15) is 0 Å². The standard InChI is InChI=1S/C27H25FN4O/c1-19(10-11-20-6-3-2-4-7-20)30-27(33)22-8-5-9-24(18-22)31-25-16-17-29-26(32-25)21-12-14-23(28)15-13-21/h2-9,12-19H,10-11H2,1H3,(H,30,33)(H,29,31,32). The average Bonchev–Trinajstić information content (AvgIpc) is 2.84. The lowest BCUT2D eigenvalue weighted by Gasteiger charge is -2.15. The Balaban J connectivity index is 1.39. The zero-order valence-electron chi connectivity index (χ0n) is 18.3. The fourth-order valence-corrected chi connectivity index (χ4v) is 3.46. The largest absolute Gasteiger partial charge is 0.350 e. The molecule has 1 atom stereocenters. The molecule has 1 heterocycles. The van der Waals surface area contributed by atoms with Gasteiger partial charge in [0.15, 0.2) is 5.82 Å². The molecule has 0 aliphatic heterocycles. The smallest absolute Gasteiger partial charge is 0.251 e. The number of benzene rings is 3. The molecule has 0 radical (unpaired) electrons. The summed E-state index contributed by atoms with van der Waals surface area (Å²) >= 11 is 0. The first-order chi connectivity index (χ1) is 16.1. The summed E-state index contributed by atoms with van der Waals surface area (Å²) in [7, 11) is 0. The van der Waals surface area contributed by atoms with Crippen molar-refractivity contribution in [3.05, 3.63) is 108 Å². The average molecular weight is 441 g/mol. The number of hydrogen-bond acceptors (Lipinski definition) is 4. The monoisotopic (exact) mass is 440 g/mol. The summed E-state index contributed by atoms with van der Waals surface area (Å²) in [6.45, 7) is 2.01. The Kier molecular flexibility index (Phi) is 7.05. The molecule has 0 fully saturated rings. The summed E-state index contributed by atoms with van der Waals surface area (Å²) in [6.07, 6.45) is 3.41. The third kappa shape index (κ3) is 6.23. The van der Waals surface area contributed by atoms with Crippen LogP contribution < -0.4 is 10.6 Å². The van der Waals surface area contributed by atoms with Crippen LogP contribution in [0.25, 0.3) is 11.4 Å². The summed E-state index contributed by atoms with van der Waals surface area (Å²) in [5, 5.41) is 6.29. The van der Waals surface area contributed by atoms with E-state index in [2.05, 4.69) is 32.7 Å². The number of carbonyl (C=O) groups is 1. The van der Waals surface area contributed by atoms with Crippen molar-refractivity contribution in [3.8, 4) is 11.4 Å². The fourth-order valence-electron chi connectivity index (χ4n) is 3.46. The van der Waals surface area contributed by atoms with Gasteiger partial charge in [-0.25, -0.2) is 14.4 Å². The molecule has 2 N–H and O–H groups in total. The van der Waals surface area contributed by atoms with Gasteiger partial charge in [-0.3, -0.25) is 4.79 Å². The Hall–Kier alpha value is -4.06. The number of aromatic nitrogens is 2. The highest BCUT2D eigenvalue weighted by Gasteiger charge is 2.11. The summed E-state index contributed by atoms with van der Waals surface area (Å²) in [5.74, 6) is 0.644. The van der Waals surface area contributed by atoms with Crippen LogP contribution in [0.3, 0.4) is 0 Å². The summed E-state index contributed by atoms with van der Waals surface area (Å²) in [5.41, 5.74) is 3.29. The second kappa shape index (κ2) is 10.5. The van der Waals surface area contributed by atoms with Gasteiger partial charge < -0.3 is 10.6 Å². The molecular formula is C27H25FN4O. The molecule has 1 aromatic heterocycles. The number of anilines is 2. The highest BCUT2D eigenvalue weighted by Crippen LogP contribution is 2.20. The highest BCUT2D eigenvalue weighted by molar-refractivity contribution is 5.95. The van der Waals surface area contributed by atoms with Gasteiger partial charge in [0.05, 0.1) is 0 Å². The van der Waals surface area contributed by atoms with Crippen LogP contribution in [0.5, 0.6) is 0 Å². The van der Waals surface area contributed by atoms with Gasteiger partial charge in [-0.15, -0.1) is 0 Å². The first kappa shape index (κ1) is 22.1. The van der Waals surface area contributed by atoms with Crippen molar-refractivity contribution >= 4 is 17.4 Å². The van der Waals surface area contributed by atoms with Gasteiger partial charge >= 0.3 is 0 Å². The molecule has 0 aliphatic carbocycles. The van der Waals surface area contributed by atoms with Crippen LogP contribution in [-0.2, 0) is 6.42 Å². The van der Waals surface area contributed by atoms with Crippen LogP contribution in [0.1, 0.15) is 29.3 Å². The van der Waals surface area contributed by atoms with E-state index in [9.17, 15) is 9.18 Å². The third-order valence-corrected chi connectivity index (χ3v) is 5.24. The molecule has 1 unspecified atom stereocenters. The number of nitrogens with one attached hydrogen (secondary N) is 2. The normalized spacial score (nSPS) is 11.6. The number of hydrogen-bond donors (Lipinski definition) is 2. The van der Waals surface area contributed by atoms with E-state index in [4.69, 9.17) is 0 Å². The van der Waals surface area contributed by atoms with Gasteiger partial charge in [0.25, 0.3) is 5.91 Å². The van der Waals surface area contributed by atoms with E-state index in [1.807, 2.05) is 37.3 Å². The maximum Gasteiger partial charge on any atom is 0.251 e. The van der Waals surface area contributed by atoms with Gasteiger partial charge in [-0.05, 0) is 73.9 Å². The molecule has 0 saturated heterocycles. The van der Waals surface area contributed by atoms with E-state index in [0.29, 0.717) is 17.2 Å². The Morgan fingerprint density at radius 3 is 2.55 bits per heavy atom. The predicted molar refractivity (Wildman–Crippen MR) is 129 cm³/mol. The number of carbonyl (C=O) groups excluding carboxylic acids is 1. The van der Waals surface area contributed by atoms with Crippen molar-refractivity contribution in [1.82, 2.24) is 15.3 Å².